The molecule has 6 rings (SSSR count). The maximum Gasteiger partial charge on any atom is 0.210 e. The lowest BCUT2D eigenvalue weighted by molar-refractivity contribution is 0.125. The number of likely N-dealkylation sites (tertiary alicyclic amines) is 1. The number of benzene rings is 2. The van der Waals surface area contributed by atoms with Gasteiger partial charge in [-0.25, -0.2) is 0 Å². The van der Waals surface area contributed by atoms with Crippen LogP contribution in [0.15, 0.2) is 55.0 Å². The molecule has 0 amide bonds. The lowest BCUT2D eigenvalue weighted by Crippen LogP contribution is -2.46. The number of hydrogen-bond donors (Lipinski definition) is 2. The zero-order valence-corrected chi connectivity index (χ0v) is 27.9. The monoisotopic (exact) mass is 621 g/mol. The predicted molar refractivity (Wildman–Crippen MR) is 180 cm³/mol. The number of aromatic nitrogens is 4. The quantitative estimate of drug-likeness (QED) is 0.229. The van der Waals surface area contributed by atoms with Gasteiger partial charge in [0, 0.05) is 41.5 Å². The minimum Gasteiger partial charge on any atom is -0.506 e. The summed E-state index contributed by atoms with van der Waals surface area (Å²) in [5.74, 6) is 0.249. The van der Waals surface area contributed by atoms with E-state index in [4.69, 9.17) is 11.6 Å². The van der Waals surface area contributed by atoms with Crippen molar-refractivity contribution in [2.24, 2.45) is 5.41 Å². The molecule has 1 spiro atoms. The van der Waals surface area contributed by atoms with Crippen molar-refractivity contribution in [2.75, 3.05) is 36.4 Å². The highest BCUT2D eigenvalue weighted by Gasteiger charge is 2.48. The van der Waals surface area contributed by atoms with Gasteiger partial charge in [0.2, 0.25) is 5.13 Å². The summed E-state index contributed by atoms with van der Waals surface area (Å²) in [7, 11) is 0. The third-order valence-electron chi connectivity index (χ3n) is 7.52. The van der Waals surface area contributed by atoms with Crippen molar-refractivity contribution < 1.29 is 5.11 Å². The molecule has 2 aliphatic heterocycles. The van der Waals surface area contributed by atoms with Gasteiger partial charge in [0.05, 0.1) is 23.3 Å². The molecule has 8 nitrogen and oxygen atoms in total. The van der Waals surface area contributed by atoms with Gasteiger partial charge >= 0.3 is 0 Å². The molecule has 2 aromatic carbocycles. The Hall–Kier alpha value is -3.27. The average Bonchev–Trinajstić information content (AvgIpc) is 3.62. The maximum atomic E-state index is 11.2. The SMILES string of the molecule is CC.CC.CC(C)(C)CN1CCC2(CC1)CN(c1ccccc1Nc1nnc(-c3cnccn3)s1)c1c(O)ccc(Cl)c12. The number of piperidine rings is 1. The molecule has 0 saturated carbocycles. The van der Waals surface area contributed by atoms with E-state index in [1.165, 1.54) is 11.3 Å². The van der Waals surface area contributed by atoms with Crippen molar-refractivity contribution in [3.63, 3.8) is 0 Å². The molecule has 4 heterocycles. The maximum absolute atomic E-state index is 11.2. The van der Waals surface area contributed by atoms with Crippen LogP contribution in [-0.4, -0.2) is 56.4 Å². The van der Waals surface area contributed by atoms with E-state index in [1.54, 1.807) is 24.7 Å². The van der Waals surface area contributed by atoms with E-state index < -0.39 is 0 Å². The third kappa shape index (κ3) is 7.11. The Bertz CT molecular complexity index is 1480. The number of phenolic OH excluding ortho intramolecular Hbond substituents is 1. The summed E-state index contributed by atoms with van der Waals surface area (Å²) >= 11 is 8.32. The highest BCUT2D eigenvalue weighted by molar-refractivity contribution is 7.18. The molecule has 2 N–H and O–H groups in total. The Morgan fingerprint density at radius 3 is 2.40 bits per heavy atom. The van der Waals surface area contributed by atoms with Crippen molar-refractivity contribution in [3.05, 3.63) is 65.6 Å². The molecule has 2 aromatic heterocycles. The molecule has 43 heavy (non-hydrogen) atoms. The molecule has 0 radical (unpaired) electrons. The molecule has 0 atom stereocenters. The molecule has 0 bridgehead atoms. The second-order valence-corrected chi connectivity index (χ2v) is 13.0. The van der Waals surface area contributed by atoms with Crippen molar-refractivity contribution in [3.8, 4) is 16.5 Å². The Morgan fingerprint density at radius 2 is 1.72 bits per heavy atom. The summed E-state index contributed by atoms with van der Waals surface area (Å²) in [6, 6.07) is 11.6. The zero-order chi connectivity index (χ0) is 31.2. The van der Waals surface area contributed by atoms with E-state index in [0.717, 1.165) is 66.7 Å². The largest absolute Gasteiger partial charge is 0.506 e. The molecule has 0 unspecified atom stereocenters. The molecule has 0 aliphatic carbocycles. The zero-order valence-electron chi connectivity index (χ0n) is 26.4. The molecule has 4 aromatic rings. The smallest absolute Gasteiger partial charge is 0.210 e. The van der Waals surface area contributed by atoms with Gasteiger partial charge in [-0.15, -0.1) is 10.2 Å². The van der Waals surface area contributed by atoms with Crippen molar-refractivity contribution in [1.82, 2.24) is 25.1 Å². The number of nitrogens with one attached hydrogen (secondary N) is 1. The Kier molecular flexibility index (Phi) is 10.6. The van der Waals surface area contributed by atoms with Crippen molar-refractivity contribution in [1.29, 1.82) is 0 Å². The number of anilines is 4. The van der Waals surface area contributed by atoms with Gasteiger partial charge < -0.3 is 20.2 Å². The van der Waals surface area contributed by atoms with Gasteiger partial charge in [0.25, 0.3) is 0 Å². The van der Waals surface area contributed by atoms with Crippen LogP contribution in [0.4, 0.5) is 22.2 Å². The standard InChI is InChI=1S/C29H32ClN7OS.2C2H6/c1-28(2,3)17-36-14-10-29(11-15-36)18-37(25-23(38)9-8-19(30)24(25)29)22-7-5-4-6-20(22)33-27-35-34-26(39-27)21-16-31-12-13-32-21;2*1-2/h4-9,12-13,16,38H,10-11,14-15,17-18H2,1-3H3,(H,33,35);2*1-2H3. The van der Waals surface area contributed by atoms with Crippen LogP contribution in [0.2, 0.25) is 5.02 Å². The van der Waals surface area contributed by atoms with Crippen LogP contribution in [0, 0.1) is 5.41 Å². The van der Waals surface area contributed by atoms with E-state index >= 15 is 0 Å². The fourth-order valence-corrected chi connectivity index (χ4v) is 7.00. The lowest BCUT2D eigenvalue weighted by Gasteiger charge is -2.42. The number of hydrogen-bond acceptors (Lipinski definition) is 9. The van der Waals surface area contributed by atoms with Crippen LogP contribution in [-0.2, 0) is 5.41 Å². The fraction of sp³-hybridized carbons (Fsp3) is 0.455. The van der Waals surface area contributed by atoms with Gasteiger partial charge in [-0.3, -0.25) is 9.97 Å². The van der Waals surface area contributed by atoms with Crippen molar-refractivity contribution in [2.45, 2.75) is 66.7 Å². The van der Waals surface area contributed by atoms with Gasteiger partial charge in [-0.05, 0) is 55.6 Å². The lowest BCUT2D eigenvalue weighted by atomic mass is 9.74. The molecule has 1 fully saturated rings. The number of halogens is 1. The van der Waals surface area contributed by atoms with Crippen LogP contribution in [0.3, 0.4) is 0 Å². The highest BCUT2D eigenvalue weighted by Crippen LogP contribution is 2.56. The predicted octanol–water partition coefficient (Wildman–Crippen LogP) is 8.68. The summed E-state index contributed by atoms with van der Waals surface area (Å²) in [5.41, 5.74) is 4.52. The average molecular weight is 622 g/mol. The van der Waals surface area contributed by atoms with E-state index in [9.17, 15) is 5.11 Å². The summed E-state index contributed by atoms with van der Waals surface area (Å²) in [4.78, 5) is 13.2. The number of nitrogens with zero attached hydrogens (tertiary/aromatic N) is 6. The Balaban J connectivity index is 0.00000102. The van der Waals surface area contributed by atoms with Crippen LogP contribution >= 0.6 is 22.9 Å². The number of aromatic hydroxyl groups is 1. The molecule has 2 aliphatic rings. The fourth-order valence-electron chi connectivity index (χ4n) is 5.93. The minimum absolute atomic E-state index is 0.130. The molecule has 230 valence electrons. The molecule has 10 heteroatoms. The minimum atomic E-state index is -0.130. The second kappa shape index (κ2) is 14.0. The number of phenols is 1. The van der Waals surface area contributed by atoms with E-state index in [0.29, 0.717) is 15.8 Å². The van der Waals surface area contributed by atoms with Crippen LogP contribution in [0.25, 0.3) is 10.7 Å². The molecular formula is C33H44ClN7OS. The van der Waals surface area contributed by atoms with E-state index in [2.05, 4.69) is 62.1 Å². The van der Waals surface area contributed by atoms with Crippen LogP contribution in [0.1, 0.15) is 66.9 Å². The van der Waals surface area contributed by atoms with Gasteiger partial charge in [0.1, 0.15) is 11.4 Å². The topological polar surface area (TPSA) is 90.3 Å². The number of fused-ring (bicyclic) bond motifs is 2. The molecule has 1 saturated heterocycles. The Labute approximate surface area is 265 Å². The summed E-state index contributed by atoms with van der Waals surface area (Å²) in [6.45, 7) is 18.7. The number of para-hydroxylation sites is 2. The van der Waals surface area contributed by atoms with Crippen molar-refractivity contribution >= 4 is 45.1 Å². The first-order valence-corrected chi connectivity index (χ1v) is 16.4. The van der Waals surface area contributed by atoms with Gasteiger partial charge in [-0.1, -0.05) is 83.5 Å². The third-order valence-corrected chi connectivity index (χ3v) is 8.70. The molecular weight excluding hydrogens is 578 g/mol. The number of rotatable bonds is 5. The summed E-state index contributed by atoms with van der Waals surface area (Å²) in [6.07, 6.45) is 6.94. The van der Waals surface area contributed by atoms with Gasteiger partial charge in [0.15, 0.2) is 5.01 Å². The summed E-state index contributed by atoms with van der Waals surface area (Å²) in [5, 5.41) is 25.3. The highest BCUT2D eigenvalue weighted by atomic mass is 35.5. The van der Waals surface area contributed by atoms with Crippen LogP contribution < -0.4 is 10.2 Å². The normalized spacial score (nSPS) is 15.7. The van der Waals surface area contributed by atoms with Gasteiger partial charge in [-0.2, -0.15) is 0 Å². The first kappa shape index (κ1) is 32.6. The second-order valence-electron chi connectivity index (χ2n) is 11.6. The summed E-state index contributed by atoms with van der Waals surface area (Å²) < 4.78 is 0. The van der Waals surface area contributed by atoms with E-state index in [-0.39, 0.29) is 16.6 Å². The first-order valence-electron chi connectivity index (χ1n) is 15.2. The van der Waals surface area contributed by atoms with Crippen LogP contribution in [0.5, 0.6) is 5.75 Å². The van der Waals surface area contributed by atoms with E-state index in [1.807, 2.05) is 52.0 Å². The Morgan fingerprint density at radius 1 is 1.00 bits per heavy atom. The first-order chi connectivity index (χ1) is 20.7.